The Morgan fingerprint density at radius 2 is 2.09 bits per heavy atom. The minimum atomic E-state index is -0.289. The lowest BCUT2D eigenvalue weighted by Gasteiger charge is -2.45. The van der Waals surface area contributed by atoms with Crippen molar-refractivity contribution in [1.29, 1.82) is 0 Å². The maximum absolute atomic E-state index is 12.3. The molecule has 2 aliphatic rings. The normalized spacial score (nSPS) is 26.4. The number of amides is 1. The molecule has 4 nitrogen and oxygen atoms in total. The summed E-state index contributed by atoms with van der Waals surface area (Å²) in [5.74, 6) is 0.571. The van der Waals surface area contributed by atoms with Crippen molar-refractivity contribution >= 4 is 5.91 Å². The predicted molar refractivity (Wildman–Crippen MR) is 91.3 cm³/mol. The van der Waals surface area contributed by atoms with E-state index in [1.807, 2.05) is 18.2 Å². The van der Waals surface area contributed by atoms with Gasteiger partial charge < -0.3 is 15.4 Å². The molecule has 3 rings (SSSR count). The molecular formula is C19H28N2O2. The highest BCUT2D eigenvalue weighted by Gasteiger charge is 2.48. The van der Waals surface area contributed by atoms with Gasteiger partial charge in [-0.05, 0) is 50.9 Å². The number of nitrogens with zero attached hydrogens (tertiary/aromatic N) is 1. The Balaban J connectivity index is 1.85. The Bertz CT molecular complexity index is 584. The number of hydrogen-bond acceptors (Lipinski definition) is 3. The van der Waals surface area contributed by atoms with E-state index < -0.39 is 0 Å². The highest BCUT2D eigenvalue weighted by atomic mass is 16.5. The van der Waals surface area contributed by atoms with Crippen LogP contribution in [0.4, 0.5) is 0 Å². The van der Waals surface area contributed by atoms with Crippen LogP contribution in [-0.2, 0) is 11.2 Å². The number of fused-ring (bicyclic) bond motifs is 1. The minimum absolute atomic E-state index is 0.0175. The lowest BCUT2D eigenvalue weighted by Crippen LogP contribution is -2.54. The van der Waals surface area contributed by atoms with Crippen molar-refractivity contribution in [3.05, 3.63) is 29.8 Å². The van der Waals surface area contributed by atoms with Gasteiger partial charge in [0, 0.05) is 11.5 Å². The molecule has 2 heterocycles. The highest BCUT2D eigenvalue weighted by Crippen LogP contribution is 2.43. The summed E-state index contributed by atoms with van der Waals surface area (Å²) in [7, 11) is 2.10. The van der Waals surface area contributed by atoms with Crippen LogP contribution >= 0.6 is 0 Å². The van der Waals surface area contributed by atoms with Crippen LogP contribution < -0.4 is 10.5 Å². The lowest BCUT2D eigenvalue weighted by molar-refractivity contribution is -0.132. The second kappa shape index (κ2) is 6.16. The number of primary amides is 1. The monoisotopic (exact) mass is 316 g/mol. The molecule has 23 heavy (non-hydrogen) atoms. The van der Waals surface area contributed by atoms with Crippen LogP contribution in [0, 0.1) is 11.3 Å². The molecule has 2 N–H and O–H groups in total. The van der Waals surface area contributed by atoms with E-state index in [0.717, 1.165) is 38.0 Å². The Morgan fingerprint density at radius 1 is 1.35 bits per heavy atom. The molecule has 0 spiro atoms. The zero-order chi connectivity index (χ0) is 16.6. The molecule has 4 heteroatoms. The number of carbonyl (C=O) groups is 1. The summed E-state index contributed by atoms with van der Waals surface area (Å²) in [5.41, 5.74) is 6.81. The number of benzene rings is 1. The third kappa shape index (κ3) is 2.97. The molecule has 2 aliphatic heterocycles. The number of rotatable bonds is 4. The van der Waals surface area contributed by atoms with Crippen molar-refractivity contribution in [2.75, 3.05) is 13.6 Å². The summed E-state index contributed by atoms with van der Waals surface area (Å²) in [6.45, 7) is 5.33. The topological polar surface area (TPSA) is 55.6 Å². The first-order valence-electron chi connectivity index (χ1n) is 8.65. The van der Waals surface area contributed by atoms with Gasteiger partial charge in [-0.3, -0.25) is 4.79 Å². The number of hydrogen-bond donors (Lipinski definition) is 1. The van der Waals surface area contributed by atoms with Crippen LogP contribution in [0.15, 0.2) is 24.3 Å². The molecule has 1 aromatic rings. The van der Waals surface area contributed by atoms with Gasteiger partial charge in [-0.1, -0.05) is 32.0 Å². The van der Waals surface area contributed by atoms with Crippen LogP contribution in [0.5, 0.6) is 5.75 Å². The van der Waals surface area contributed by atoms with Crippen LogP contribution in [-0.4, -0.2) is 36.5 Å². The van der Waals surface area contributed by atoms with Crippen molar-refractivity contribution in [3.63, 3.8) is 0 Å². The number of likely N-dealkylation sites (tertiary alicyclic amines) is 1. The van der Waals surface area contributed by atoms with Gasteiger partial charge in [0.15, 0.2) is 0 Å². The van der Waals surface area contributed by atoms with E-state index in [1.165, 1.54) is 5.56 Å². The fourth-order valence-electron chi connectivity index (χ4n) is 4.46. The molecular weight excluding hydrogens is 288 g/mol. The highest BCUT2D eigenvalue weighted by molar-refractivity contribution is 5.78. The number of carbonyl (C=O) groups excluding carboxylic acids is 1. The SMILES string of the molecule is CN1CCC[C@@H]1C(C(N)=O)C(C)(C)[C@@H]1CCc2ccccc2O1. The van der Waals surface area contributed by atoms with Crippen LogP contribution in [0.2, 0.25) is 0 Å². The number of ether oxygens (including phenoxy) is 1. The maximum atomic E-state index is 12.3. The third-order valence-corrected chi connectivity index (χ3v) is 5.82. The smallest absolute Gasteiger partial charge is 0.222 e. The van der Waals surface area contributed by atoms with Crippen LogP contribution in [0.3, 0.4) is 0 Å². The average molecular weight is 316 g/mol. The van der Waals surface area contributed by atoms with E-state index in [-0.39, 0.29) is 29.4 Å². The van der Waals surface area contributed by atoms with E-state index in [9.17, 15) is 4.79 Å². The molecule has 1 unspecified atom stereocenters. The molecule has 1 fully saturated rings. The van der Waals surface area contributed by atoms with Crippen molar-refractivity contribution in [3.8, 4) is 5.75 Å². The molecule has 0 aliphatic carbocycles. The summed E-state index contributed by atoms with van der Waals surface area (Å²) in [4.78, 5) is 14.6. The molecule has 126 valence electrons. The lowest BCUT2D eigenvalue weighted by atomic mass is 9.68. The molecule has 1 amide bonds. The van der Waals surface area contributed by atoms with E-state index in [2.05, 4.69) is 31.9 Å². The zero-order valence-electron chi connectivity index (χ0n) is 14.4. The Labute approximate surface area is 139 Å². The second-order valence-corrected chi connectivity index (χ2v) is 7.64. The minimum Gasteiger partial charge on any atom is -0.490 e. The molecule has 3 atom stereocenters. The second-order valence-electron chi connectivity index (χ2n) is 7.64. The van der Waals surface area contributed by atoms with Gasteiger partial charge in [0.25, 0.3) is 0 Å². The Hall–Kier alpha value is -1.55. The van der Waals surface area contributed by atoms with Crippen molar-refractivity contribution in [1.82, 2.24) is 4.90 Å². The largest absolute Gasteiger partial charge is 0.490 e. The van der Waals surface area contributed by atoms with E-state index >= 15 is 0 Å². The maximum Gasteiger partial charge on any atom is 0.222 e. The van der Waals surface area contributed by atoms with Gasteiger partial charge >= 0.3 is 0 Å². The van der Waals surface area contributed by atoms with E-state index in [4.69, 9.17) is 10.5 Å². The van der Waals surface area contributed by atoms with Gasteiger partial charge in [-0.2, -0.15) is 0 Å². The fraction of sp³-hybridized carbons (Fsp3) is 0.632. The average Bonchev–Trinajstić information content (AvgIpc) is 2.92. The zero-order valence-corrected chi connectivity index (χ0v) is 14.4. The quantitative estimate of drug-likeness (QED) is 0.929. The molecule has 0 aromatic heterocycles. The van der Waals surface area contributed by atoms with Crippen LogP contribution in [0.25, 0.3) is 0 Å². The van der Waals surface area contributed by atoms with Crippen molar-refractivity contribution in [2.24, 2.45) is 17.1 Å². The number of nitrogens with two attached hydrogens (primary N) is 1. The number of aryl methyl sites for hydroxylation is 1. The van der Waals surface area contributed by atoms with E-state index in [0.29, 0.717) is 0 Å². The predicted octanol–water partition coefficient (Wildman–Crippen LogP) is 2.60. The molecule has 0 bridgehead atoms. The summed E-state index contributed by atoms with van der Waals surface area (Å²) >= 11 is 0. The van der Waals surface area contributed by atoms with E-state index in [1.54, 1.807) is 0 Å². The third-order valence-electron chi connectivity index (χ3n) is 5.82. The fourth-order valence-corrected chi connectivity index (χ4v) is 4.46. The van der Waals surface area contributed by atoms with Gasteiger partial charge in [0.05, 0.1) is 5.92 Å². The van der Waals surface area contributed by atoms with Gasteiger partial charge in [-0.25, -0.2) is 0 Å². The van der Waals surface area contributed by atoms with Crippen LogP contribution in [0.1, 0.15) is 38.7 Å². The standard InChI is InChI=1S/C19H28N2O2/c1-19(2,17(18(20)22)14-8-6-12-21(14)3)16-11-10-13-7-4-5-9-15(13)23-16/h4-5,7,9,14,16-17H,6,8,10-12H2,1-3H3,(H2,20,22)/t14-,16+,17?/m1/s1. The molecule has 0 saturated carbocycles. The first-order valence-corrected chi connectivity index (χ1v) is 8.65. The van der Waals surface area contributed by atoms with Gasteiger partial charge in [0.2, 0.25) is 5.91 Å². The van der Waals surface area contributed by atoms with Crippen molar-refractivity contribution in [2.45, 2.75) is 51.7 Å². The molecule has 1 aromatic carbocycles. The summed E-state index contributed by atoms with van der Waals surface area (Å²) in [5, 5.41) is 0. The summed E-state index contributed by atoms with van der Waals surface area (Å²) in [6.07, 6.45) is 4.12. The Kier molecular flexibility index (Phi) is 4.37. The van der Waals surface area contributed by atoms with Gasteiger partial charge in [-0.15, -0.1) is 0 Å². The number of para-hydroxylation sites is 1. The van der Waals surface area contributed by atoms with Gasteiger partial charge in [0.1, 0.15) is 11.9 Å². The summed E-state index contributed by atoms with van der Waals surface area (Å²) in [6, 6.07) is 8.42. The summed E-state index contributed by atoms with van der Waals surface area (Å²) < 4.78 is 6.30. The Morgan fingerprint density at radius 3 is 2.74 bits per heavy atom. The first-order chi connectivity index (χ1) is 10.9. The van der Waals surface area contributed by atoms with Crippen molar-refractivity contribution < 1.29 is 9.53 Å². The first kappa shape index (κ1) is 16.3. The molecule has 1 saturated heterocycles. The molecule has 0 radical (unpaired) electrons.